The predicted molar refractivity (Wildman–Crippen MR) is 87.6 cm³/mol. The Bertz CT molecular complexity index is 816. The molecule has 0 bridgehead atoms. The van der Waals surface area contributed by atoms with Crippen LogP contribution in [0.5, 0.6) is 5.75 Å². The van der Waals surface area contributed by atoms with Gasteiger partial charge in [0.1, 0.15) is 17.3 Å². The van der Waals surface area contributed by atoms with E-state index in [1.165, 1.54) is 0 Å². The summed E-state index contributed by atoms with van der Waals surface area (Å²) in [6.45, 7) is 3.72. The second kappa shape index (κ2) is 6.35. The maximum atomic E-state index is 5.22. The number of ether oxygens (including phenoxy) is 1. The lowest BCUT2D eigenvalue weighted by molar-refractivity contribution is 0.400. The van der Waals surface area contributed by atoms with Gasteiger partial charge in [0.05, 0.1) is 7.11 Å². The van der Waals surface area contributed by atoms with Gasteiger partial charge in [0, 0.05) is 29.6 Å². The second-order valence-electron chi connectivity index (χ2n) is 5.02. The van der Waals surface area contributed by atoms with Gasteiger partial charge in [0.15, 0.2) is 5.82 Å². The first-order valence-corrected chi connectivity index (χ1v) is 7.09. The lowest BCUT2D eigenvalue weighted by Crippen LogP contribution is -2.02. The molecule has 0 saturated carbocycles. The molecule has 0 atom stereocenters. The molecular weight excluding hydrogens is 294 g/mol. The molecule has 7 nitrogen and oxygen atoms in total. The molecule has 3 aromatic rings. The van der Waals surface area contributed by atoms with E-state index >= 15 is 0 Å². The zero-order valence-corrected chi connectivity index (χ0v) is 13.1. The fourth-order valence-electron chi connectivity index (χ4n) is 2.08. The number of nitrogens with zero attached hydrogens (tertiary/aromatic N) is 3. The Kier molecular flexibility index (Phi) is 4.09. The third kappa shape index (κ3) is 3.76. The first-order chi connectivity index (χ1) is 11.1. The lowest BCUT2D eigenvalue weighted by Gasteiger charge is -2.09. The van der Waals surface area contributed by atoms with E-state index in [1.807, 2.05) is 44.2 Å². The van der Waals surface area contributed by atoms with Crippen molar-refractivity contribution in [2.75, 3.05) is 17.7 Å². The Morgan fingerprint density at radius 3 is 2.61 bits per heavy atom. The van der Waals surface area contributed by atoms with Crippen molar-refractivity contribution in [3.63, 3.8) is 0 Å². The molecule has 2 N–H and O–H groups in total. The van der Waals surface area contributed by atoms with Crippen LogP contribution >= 0.6 is 0 Å². The van der Waals surface area contributed by atoms with Gasteiger partial charge in [0.2, 0.25) is 5.95 Å². The molecule has 1 aromatic carbocycles. The topological polar surface area (TPSA) is 85.1 Å². The first kappa shape index (κ1) is 14.8. The van der Waals surface area contributed by atoms with Crippen LogP contribution < -0.4 is 15.4 Å². The molecule has 0 aliphatic rings. The summed E-state index contributed by atoms with van der Waals surface area (Å²) < 4.78 is 10.2. The fraction of sp³-hybridized carbons (Fsp3) is 0.188. The molecule has 7 heteroatoms. The number of aromatic nitrogens is 3. The molecule has 118 valence electrons. The number of nitrogens with one attached hydrogen (secondary N) is 2. The number of hydrogen-bond acceptors (Lipinski definition) is 7. The summed E-state index contributed by atoms with van der Waals surface area (Å²) in [5.41, 5.74) is 1.71. The molecule has 0 unspecified atom stereocenters. The van der Waals surface area contributed by atoms with E-state index in [2.05, 4.69) is 25.8 Å². The van der Waals surface area contributed by atoms with Gasteiger partial charge in [-0.25, -0.2) is 4.98 Å². The van der Waals surface area contributed by atoms with Crippen molar-refractivity contribution in [1.29, 1.82) is 0 Å². The van der Waals surface area contributed by atoms with E-state index in [4.69, 9.17) is 9.26 Å². The van der Waals surface area contributed by atoms with Crippen molar-refractivity contribution in [3.8, 4) is 5.75 Å². The summed E-state index contributed by atoms with van der Waals surface area (Å²) in [5, 5.41) is 10.1. The summed E-state index contributed by atoms with van der Waals surface area (Å²) in [7, 11) is 1.63. The highest BCUT2D eigenvalue weighted by atomic mass is 16.5. The predicted octanol–water partition coefficient (Wildman–Crippen LogP) is 3.58. The smallest absolute Gasteiger partial charge is 0.230 e. The Morgan fingerprint density at radius 1 is 1.00 bits per heavy atom. The third-order valence-corrected chi connectivity index (χ3v) is 3.06. The summed E-state index contributed by atoms with van der Waals surface area (Å²) in [5.74, 6) is 3.18. The van der Waals surface area contributed by atoms with E-state index in [1.54, 1.807) is 13.2 Å². The zero-order chi connectivity index (χ0) is 16.2. The molecule has 0 radical (unpaired) electrons. The van der Waals surface area contributed by atoms with Gasteiger partial charge < -0.3 is 19.9 Å². The summed E-state index contributed by atoms with van der Waals surface area (Å²) in [6, 6.07) is 11.3. The molecule has 0 aliphatic heterocycles. The standard InChI is InChI=1S/C16H17N5O2/c1-10-7-14(18-12-5-4-6-13(9-12)22-3)19-16(17-10)20-15-8-11(2)23-21-15/h4-9H,1-3H3,(H2,17,18,19,20,21). The zero-order valence-electron chi connectivity index (χ0n) is 13.1. The molecule has 0 fully saturated rings. The minimum atomic E-state index is 0.448. The number of benzene rings is 1. The van der Waals surface area contributed by atoms with E-state index < -0.39 is 0 Å². The van der Waals surface area contributed by atoms with Crippen LogP contribution in [0.25, 0.3) is 0 Å². The van der Waals surface area contributed by atoms with E-state index in [-0.39, 0.29) is 0 Å². The van der Waals surface area contributed by atoms with Crippen LogP contribution in [-0.4, -0.2) is 22.2 Å². The fourth-order valence-corrected chi connectivity index (χ4v) is 2.08. The molecule has 23 heavy (non-hydrogen) atoms. The highest BCUT2D eigenvalue weighted by Gasteiger charge is 2.06. The molecule has 2 aromatic heterocycles. The second-order valence-corrected chi connectivity index (χ2v) is 5.02. The Morgan fingerprint density at radius 2 is 1.87 bits per heavy atom. The van der Waals surface area contributed by atoms with Gasteiger partial charge >= 0.3 is 0 Å². The lowest BCUT2D eigenvalue weighted by atomic mass is 10.3. The number of rotatable bonds is 5. The van der Waals surface area contributed by atoms with Crippen LogP contribution in [0.3, 0.4) is 0 Å². The van der Waals surface area contributed by atoms with Crippen molar-refractivity contribution in [1.82, 2.24) is 15.1 Å². The van der Waals surface area contributed by atoms with Gasteiger partial charge in [-0.15, -0.1) is 0 Å². The minimum absolute atomic E-state index is 0.448. The van der Waals surface area contributed by atoms with Crippen LogP contribution in [-0.2, 0) is 0 Å². The van der Waals surface area contributed by atoms with E-state index in [0.29, 0.717) is 17.6 Å². The van der Waals surface area contributed by atoms with Gasteiger partial charge in [-0.3, -0.25) is 0 Å². The largest absolute Gasteiger partial charge is 0.497 e. The molecule has 3 rings (SSSR count). The van der Waals surface area contributed by atoms with Crippen LogP contribution in [0.2, 0.25) is 0 Å². The Balaban J connectivity index is 1.82. The van der Waals surface area contributed by atoms with Gasteiger partial charge in [-0.05, 0) is 26.0 Å². The summed E-state index contributed by atoms with van der Waals surface area (Å²) >= 11 is 0. The number of methoxy groups -OCH3 is 1. The number of anilines is 4. The maximum Gasteiger partial charge on any atom is 0.230 e. The molecular formula is C16H17N5O2. The van der Waals surface area contributed by atoms with Crippen molar-refractivity contribution in [2.45, 2.75) is 13.8 Å². The summed E-state index contributed by atoms with van der Waals surface area (Å²) in [6.07, 6.45) is 0. The minimum Gasteiger partial charge on any atom is -0.497 e. The SMILES string of the molecule is COc1cccc(Nc2cc(C)nc(Nc3cc(C)on3)n2)c1. The van der Waals surface area contributed by atoms with Crippen LogP contribution in [0.4, 0.5) is 23.3 Å². The Labute approximate surface area is 133 Å². The van der Waals surface area contributed by atoms with Gasteiger partial charge in [0.25, 0.3) is 0 Å². The average Bonchev–Trinajstić information content (AvgIpc) is 2.92. The third-order valence-electron chi connectivity index (χ3n) is 3.06. The van der Waals surface area contributed by atoms with Gasteiger partial charge in [-0.1, -0.05) is 11.2 Å². The quantitative estimate of drug-likeness (QED) is 0.745. The highest BCUT2D eigenvalue weighted by Crippen LogP contribution is 2.22. The Hall–Kier alpha value is -3.09. The van der Waals surface area contributed by atoms with Crippen molar-refractivity contribution < 1.29 is 9.26 Å². The molecule has 0 spiro atoms. The summed E-state index contributed by atoms with van der Waals surface area (Å²) in [4.78, 5) is 8.78. The molecule has 0 aliphatic carbocycles. The molecule has 2 heterocycles. The number of hydrogen-bond donors (Lipinski definition) is 2. The normalized spacial score (nSPS) is 10.4. The molecule has 0 amide bonds. The van der Waals surface area contributed by atoms with Crippen LogP contribution in [0.1, 0.15) is 11.5 Å². The van der Waals surface area contributed by atoms with E-state index in [0.717, 1.165) is 22.9 Å². The highest BCUT2D eigenvalue weighted by molar-refractivity contribution is 5.60. The maximum absolute atomic E-state index is 5.22. The molecule has 0 saturated heterocycles. The van der Waals surface area contributed by atoms with Crippen LogP contribution in [0.15, 0.2) is 40.9 Å². The van der Waals surface area contributed by atoms with Crippen molar-refractivity contribution in [3.05, 3.63) is 47.9 Å². The number of aryl methyl sites for hydroxylation is 2. The average molecular weight is 311 g/mol. The first-order valence-electron chi connectivity index (χ1n) is 7.09. The van der Waals surface area contributed by atoms with E-state index in [9.17, 15) is 0 Å². The monoisotopic (exact) mass is 311 g/mol. The van der Waals surface area contributed by atoms with Gasteiger partial charge in [-0.2, -0.15) is 4.98 Å². The van der Waals surface area contributed by atoms with Crippen LogP contribution in [0, 0.1) is 13.8 Å². The van der Waals surface area contributed by atoms with Crippen molar-refractivity contribution in [2.24, 2.45) is 0 Å². The van der Waals surface area contributed by atoms with Crippen molar-refractivity contribution >= 4 is 23.3 Å².